The number of carboxylic acids is 1. The highest BCUT2D eigenvalue weighted by molar-refractivity contribution is 5.70. The number of aromatic nitrogens is 1. The lowest BCUT2D eigenvalue weighted by atomic mass is 10.2. The molecule has 1 rings (SSSR count). The Hall–Kier alpha value is -2.02. The zero-order valence-electron chi connectivity index (χ0n) is 7.74. The van der Waals surface area contributed by atoms with Crippen molar-refractivity contribution in [2.45, 2.75) is 13.3 Å². The number of nitrogens with zero attached hydrogens (tertiary/aromatic N) is 1. The van der Waals surface area contributed by atoms with Gasteiger partial charge >= 0.3 is 5.97 Å². The van der Waals surface area contributed by atoms with E-state index in [1.54, 1.807) is 13.0 Å². The first-order chi connectivity index (χ1) is 6.59. The second-order valence-electron chi connectivity index (χ2n) is 2.77. The Balaban J connectivity index is 2.88. The fourth-order valence-electron chi connectivity index (χ4n) is 0.891. The zero-order valence-corrected chi connectivity index (χ0v) is 7.74. The van der Waals surface area contributed by atoms with Crippen LogP contribution in [0.4, 0.5) is 5.69 Å². The molecule has 1 aromatic rings. The van der Waals surface area contributed by atoms with E-state index >= 15 is 0 Å². The molecular weight excluding hydrogens is 180 g/mol. The van der Waals surface area contributed by atoms with Gasteiger partial charge < -0.3 is 10.8 Å². The predicted molar refractivity (Wildman–Crippen MR) is 52.5 cm³/mol. The fraction of sp³-hybridized carbons (Fsp3) is 0.200. The van der Waals surface area contributed by atoms with E-state index in [9.17, 15) is 4.79 Å². The second-order valence-corrected chi connectivity index (χ2v) is 2.77. The standard InChI is InChI=1S/C10H10N2O2/c1-7-8(3-2-4-10(13)14)5-9(11)6-12-7/h5-6H,4,11H2,1H3,(H,13,14). The number of rotatable bonds is 1. The number of carboxylic acid groups (broad SMARTS) is 1. The van der Waals surface area contributed by atoms with Gasteiger partial charge in [0, 0.05) is 5.56 Å². The van der Waals surface area contributed by atoms with Crippen LogP contribution in [0.5, 0.6) is 0 Å². The molecule has 72 valence electrons. The molecule has 0 atom stereocenters. The third-order valence-electron chi connectivity index (χ3n) is 1.57. The van der Waals surface area contributed by atoms with Crippen molar-refractivity contribution in [2.24, 2.45) is 0 Å². The van der Waals surface area contributed by atoms with Crippen LogP contribution >= 0.6 is 0 Å². The summed E-state index contributed by atoms with van der Waals surface area (Å²) in [4.78, 5) is 14.2. The maximum atomic E-state index is 10.2. The van der Waals surface area contributed by atoms with Crippen LogP contribution in [0, 0.1) is 18.8 Å². The highest BCUT2D eigenvalue weighted by Crippen LogP contribution is 2.07. The SMILES string of the molecule is Cc1ncc(N)cc1C#CCC(=O)O. The van der Waals surface area contributed by atoms with Gasteiger partial charge in [-0.1, -0.05) is 11.8 Å². The van der Waals surface area contributed by atoms with E-state index in [4.69, 9.17) is 10.8 Å². The molecule has 1 heterocycles. The molecule has 4 heteroatoms. The van der Waals surface area contributed by atoms with Crippen molar-refractivity contribution in [3.63, 3.8) is 0 Å². The first kappa shape index (κ1) is 10.1. The number of hydrogen-bond donors (Lipinski definition) is 2. The molecule has 0 fully saturated rings. The van der Waals surface area contributed by atoms with E-state index in [0.717, 1.165) is 5.69 Å². The summed E-state index contributed by atoms with van der Waals surface area (Å²) in [5, 5.41) is 8.37. The van der Waals surface area contributed by atoms with Crippen molar-refractivity contribution in [3.05, 3.63) is 23.5 Å². The summed E-state index contributed by atoms with van der Waals surface area (Å²) >= 11 is 0. The van der Waals surface area contributed by atoms with Gasteiger partial charge in [0.25, 0.3) is 0 Å². The molecule has 0 saturated carbocycles. The van der Waals surface area contributed by atoms with Crippen molar-refractivity contribution in [1.29, 1.82) is 0 Å². The van der Waals surface area contributed by atoms with E-state index in [0.29, 0.717) is 11.3 Å². The van der Waals surface area contributed by atoms with Gasteiger partial charge in [-0.3, -0.25) is 9.78 Å². The minimum Gasteiger partial charge on any atom is -0.481 e. The van der Waals surface area contributed by atoms with E-state index in [-0.39, 0.29) is 6.42 Å². The molecule has 0 amide bonds. The number of aliphatic carboxylic acids is 1. The molecule has 0 aliphatic rings. The van der Waals surface area contributed by atoms with Gasteiger partial charge in [0.15, 0.2) is 0 Å². The summed E-state index contributed by atoms with van der Waals surface area (Å²) in [5.41, 5.74) is 7.46. The molecule has 14 heavy (non-hydrogen) atoms. The van der Waals surface area contributed by atoms with E-state index in [1.165, 1.54) is 6.20 Å². The molecule has 0 saturated heterocycles. The Bertz CT molecular complexity index is 416. The third kappa shape index (κ3) is 2.79. The Kier molecular flexibility index (Phi) is 3.08. The number of pyridine rings is 1. The Morgan fingerprint density at radius 3 is 3.07 bits per heavy atom. The van der Waals surface area contributed by atoms with Crippen LogP contribution in [0.3, 0.4) is 0 Å². The lowest BCUT2D eigenvalue weighted by Gasteiger charge is -1.97. The molecule has 0 aliphatic carbocycles. The van der Waals surface area contributed by atoms with Gasteiger partial charge in [0.2, 0.25) is 0 Å². The Labute approximate surface area is 81.8 Å². The summed E-state index contributed by atoms with van der Waals surface area (Å²) in [6, 6.07) is 1.68. The molecule has 0 spiro atoms. The van der Waals surface area contributed by atoms with Crippen LogP contribution in [0.15, 0.2) is 12.3 Å². The van der Waals surface area contributed by atoms with E-state index in [2.05, 4.69) is 16.8 Å². The van der Waals surface area contributed by atoms with Crippen LogP contribution in [-0.4, -0.2) is 16.1 Å². The molecule has 0 aromatic carbocycles. The van der Waals surface area contributed by atoms with Crippen molar-refractivity contribution < 1.29 is 9.90 Å². The van der Waals surface area contributed by atoms with Gasteiger partial charge in [-0.25, -0.2) is 0 Å². The minimum absolute atomic E-state index is 0.172. The molecular formula is C10H10N2O2. The van der Waals surface area contributed by atoms with Crippen LogP contribution in [-0.2, 0) is 4.79 Å². The van der Waals surface area contributed by atoms with Crippen LogP contribution < -0.4 is 5.73 Å². The highest BCUT2D eigenvalue weighted by Gasteiger charge is 1.96. The van der Waals surface area contributed by atoms with Crippen LogP contribution in [0.1, 0.15) is 17.7 Å². The summed E-state index contributed by atoms with van der Waals surface area (Å²) in [6.07, 6.45) is 1.37. The molecule has 4 nitrogen and oxygen atoms in total. The summed E-state index contributed by atoms with van der Waals surface area (Å²) < 4.78 is 0. The van der Waals surface area contributed by atoms with Gasteiger partial charge in [-0.05, 0) is 13.0 Å². The number of anilines is 1. The van der Waals surface area contributed by atoms with Crippen LogP contribution in [0.25, 0.3) is 0 Å². The molecule has 0 radical (unpaired) electrons. The van der Waals surface area contributed by atoms with Crippen LogP contribution in [0.2, 0.25) is 0 Å². The summed E-state index contributed by atoms with van der Waals surface area (Å²) in [7, 11) is 0. The molecule has 3 N–H and O–H groups in total. The smallest absolute Gasteiger partial charge is 0.315 e. The fourth-order valence-corrected chi connectivity index (χ4v) is 0.891. The highest BCUT2D eigenvalue weighted by atomic mass is 16.4. The quantitative estimate of drug-likeness (QED) is 0.642. The van der Waals surface area contributed by atoms with Gasteiger partial charge in [-0.2, -0.15) is 0 Å². The zero-order chi connectivity index (χ0) is 10.6. The lowest BCUT2D eigenvalue weighted by Crippen LogP contribution is -1.93. The third-order valence-corrected chi connectivity index (χ3v) is 1.57. The maximum Gasteiger partial charge on any atom is 0.315 e. The topological polar surface area (TPSA) is 76.2 Å². The van der Waals surface area contributed by atoms with Crippen molar-refractivity contribution in [3.8, 4) is 11.8 Å². The normalized spacial score (nSPS) is 8.93. The van der Waals surface area contributed by atoms with Gasteiger partial charge in [0.1, 0.15) is 6.42 Å². The first-order valence-electron chi connectivity index (χ1n) is 4.02. The average molecular weight is 190 g/mol. The van der Waals surface area contributed by atoms with Crippen molar-refractivity contribution in [1.82, 2.24) is 4.98 Å². The van der Waals surface area contributed by atoms with E-state index in [1.807, 2.05) is 0 Å². The van der Waals surface area contributed by atoms with Crippen molar-refractivity contribution in [2.75, 3.05) is 5.73 Å². The molecule has 0 aliphatic heterocycles. The largest absolute Gasteiger partial charge is 0.481 e. The Morgan fingerprint density at radius 1 is 1.71 bits per heavy atom. The van der Waals surface area contributed by atoms with Crippen molar-refractivity contribution >= 4 is 11.7 Å². The summed E-state index contributed by atoms with van der Waals surface area (Å²) in [6.45, 7) is 1.80. The number of aryl methyl sites for hydroxylation is 1. The number of nitrogen functional groups attached to an aromatic ring is 1. The molecule has 1 aromatic heterocycles. The van der Waals surface area contributed by atoms with Gasteiger partial charge in [0.05, 0.1) is 17.6 Å². The minimum atomic E-state index is -0.938. The molecule has 0 unspecified atom stereocenters. The second kappa shape index (κ2) is 4.28. The number of nitrogens with two attached hydrogens (primary N) is 1. The van der Waals surface area contributed by atoms with E-state index < -0.39 is 5.97 Å². The average Bonchev–Trinajstić information content (AvgIpc) is 2.10. The number of carbonyl (C=O) groups is 1. The predicted octanol–water partition coefficient (Wildman–Crippen LogP) is 0.798. The summed E-state index contributed by atoms with van der Waals surface area (Å²) in [5.74, 6) is 4.30. The lowest BCUT2D eigenvalue weighted by molar-refractivity contribution is -0.135. The number of hydrogen-bond acceptors (Lipinski definition) is 3. The maximum absolute atomic E-state index is 10.2. The first-order valence-corrected chi connectivity index (χ1v) is 4.02. The Morgan fingerprint density at radius 2 is 2.43 bits per heavy atom. The van der Waals surface area contributed by atoms with Gasteiger partial charge in [-0.15, -0.1) is 0 Å². The monoisotopic (exact) mass is 190 g/mol. The molecule has 0 bridgehead atoms.